The number of aromatic nitrogens is 1. The summed E-state index contributed by atoms with van der Waals surface area (Å²) in [7, 11) is -3.81. The largest absolute Gasteiger partial charge is 0.465 e. The van der Waals surface area contributed by atoms with Gasteiger partial charge in [-0.25, -0.2) is 0 Å². The van der Waals surface area contributed by atoms with Crippen LogP contribution in [0, 0.1) is 0 Å². The zero-order chi connectivity index (χ0) is 17.2. The molecule has 2 aromatic heterocycles. The zero-order valence-electron chi connectivity index (χ0n) is 12.7. The van der Waals surface area contributed by atoms with Gasteiger partial charge in [0.05, 0.1) is 16.8 Å². The summed E-state index contributed by atoms with van der Waals surface area (Å²) in [5.74, 6) is -0.434. The molecule has 0 saturated carbocycles. The van der Waals surface area contributed by atoms with Crippen LogP contribution in [0.2, 0.25) is 0 Å². The smallest absolute Gasteiger partial charge is 0.326 e. The lowest BCUT2D eigenvalue weighted by Gasteiger charge is -2.04. The lowest BCUT2D eigenvalue weighted by molar-refractivity contribution is -0.143. The maximum absolute atomic E-state index is 12.4. The number of esters is 1. The van der Waals surface area contributed by atoms with Crippen molar-refractivity contribution in [3.05, 3.63) is 46.6 Å². The summed E-state index contributed by atoms with van der Waals surface area (Å²) in [4.78, 5) is 12.1. The first kappa shape index (κ1) is 16.9. The Morgan fingerprint density at radius 1 is 1.25 bits per heavy atom. The van der Waals surface area contributed by atoms with Crippen LogP contribution in [0.1, 0.15) is 6.92 Å². The molecule has 0 aliphatic heterocycles. The number of carbonyl (C=O) groups excluding carboxylic acids is 1. The molecule has 0 radical (unpaired) electrons. The first-order valence-electron chi connectivity index (χ1n) is 7.10. The number of thiophene rings is 1. The minimum absolute atomic E-state index is 0.0867. The topological polar surface area (TPSA) is 77.7 Å². The van der Waals surface area contributed by atoms with E-state index in [1.807, 2.05) is 24.3 Å². The fourth-order valence-electron chi connectivity index (χ4n) is 2.14. The summed E-state index contributed by atoms with van der Waals surface area (Å²) < 4.78 is 36.4. The molecule has 0 saturated heterocycles. The molecule has 0 N–H and O–H groups in total. The predicted molar refractivity (Wildman–Crippen MR) is 93.5 cm³/mol. The number of nitrogens with zero attached hydrogens (tertiary/aromatic N) is 2. The van der Waals surface area contributed by atoms with E-state index < -0.39 is 16.0 Å². The zero-order valence-corrected chi connectivity index (χ0v) is 15.2. The Morgan fingerprint density at radius 3 is 2.75 bits per heavy atom. The Labute approximate surface area is 146 Å². The third-order valence-electron chi connectivity index (χ3n) is 3.13. The van der Waals surface area contributed by atoms with Crippen LogP contribution in [0.3, 0.4) is 0 Å². The van der Waals surface area contributed by atoms with Crippen LogP contribution in [0.4, 0.5) is 0 Å². The number of hydrogen-bond donors (Lipinski definition) is 0. The van der Waals surface area contributed by atoms with Gasteiger partial charge in [-0.2, -0.15) is 8.42 Å². The maximum Gasteiger partial charge on any atom is 0.326 e. The van der Waals surface area contributed by atoms with Crippen molar-refractivity contribution in [1.29, 1.82) is 0 Å². The Hall–Kier alpha value is -1.97. The monoisotopic (exact) mass is 382 g/mol. The highest BCUT2D eigenvalue weighted by molar-refractivity contribution is 7.92. The van der Waals surface area contributed by atoms with Crippen molar-refractivity contribution in [1.82, 2.24) is 4.57 Å². The van der Waals surface area contributed by atoms with Crippen molar-refractivity contribution in [3.8, 4) is 0 Å². The van der Waals surface area contributed by atoms with E-state index in [0.717, 1.165) is 21.6 Å². The number of benzene rings is 1. The average Bonchev–Trinajstić information content (AvgIpc) is 3.17. The van der Waals surface area contributed by atoms with Crippen molar-refractivity contribution in [3.63, 3.8) is 0 Å². The molecule has 0 spiro atoms. The summed E-state index contributed by atoms with van der Waals surface area (Å²) in [5, 5.41) is 1.68. The van der Waals surface area contributed by atoms with Gasteiger partial charge in [-0.15, -0.1) is 15.7 Å². The molecule has 6 nitrogen and oxygen atoms in total. The minimum Gasteiger partial charge on any atom is -0.465 e. The van der Waals surface area contributed by atoms with Crippen molar-refractivity contribution >= 4 is 48.9 Å². The Bertz CT molecular complexity index is 1030. The normalized spacial score (nSPS) is 12.6. The second-order valence-corrected chi connectivity index (χ2v) is 8.53. The summed E-state index contributed by atoms with van der Waals surface area (Å²) in [6.45, 7) is 1.90. The van der Waals surface area contributed by atoms with Gasteiger partial charge in [-0.05, 0) is 30.5 Å². The lowest BCUT2D eigenvalue weighted by Crippen LogP contribution is -2.23. The number of thiazole rings is 1. The molecular weight excluding hydrogens is 368 g/mol. The van der Waals surface area contributed by atoms with E-state index in [-0.39, 0.29) is 22.2 Å². The SMILES string of the molecule is CCOC(=O)Cn1/c(=N/S(=O)(=O)c2cccs2)sc2ccccc21. The summed E-state index contributed by atoms with van der Waals surface area (Å²) in [6, 6.07) is 10.5. The van der Waals surface area contributed by atoms with E-state index in [1.54, 1.807) is 22.9 Å². The van der Waals surface area contributed by atoms with Gasteiger partial charge in [-0.1, -0.05) is 29.5 Å². The Morgan fingerprint density at radius 2 is 2.04 bits per heavy atom. The molecule has 24 heavy (non-hydrogen) atoms. The van der Waals surface area contributed by atoms with E-state index in [1.165, 1.54) is 17.4 Å². The highest BCUT2D eigenvalue weighted by Crippen LogP contribution is 2.20. The third kappa shape index (κ3) is 3.42. The van der Waals surface area contributed by atoms with Gasteiger partial charge < -0.3 is 9.30 Å². The molecular formula is C15H14N2O4S3. The molecule has 0 aliphatic carbocycles. The van der Waals surface area contributed by atoms with Gasteiger partial charge in [0.2, 0.25) is 4.80 Å². The molecule has 1 aromatic carbocycles. The first-order valence-corrected chi connectivity index (χ1v) is 10.2. The highest BCUT2D eigenvalue weighted by atomic mass is 32.2. The molecule has 0 unspecified atom stereocenters. The number of carbonyl (C=O) groups is 1. The molecule has 9 heteroatoms. The number of fused-ring (bicyclic) bond motifs is 1. The summed E-state index contributed by atoms with van der Waals surface area (Å²) >= 11 is 2.33. The standard InChI is InChI=1S/C15H14N2O4S3/c1-2-21-13(18)10-17-11-6-3-4-7-12(11)23-15(17)16-24(19,20)14-8-5-9-22-14/h3-9H,2,10H2,1H3/b16-15-. The Kier molecular flexibility index (Phi) is 4.83. The van der Waals surface area contributed by atoms with Crippen LogP contribution in [0.5, 0.6) is 0 Å². The fourth-order valence-corrected chi connectivity index (χ4v) is 5.34. The van der Waals surface area contributed by atoms with E-state index in [4.69, 9.17) is 4.74 Å². The number of hydrogen-bond acceptors (Lipinski definition) is 6. The molecule has 3 rings (SSSR count). The average molecular weight is 382 g/mol. The maximum atomic E-state index is 12.4. The van der Waals surface area contributed by atoms with Crippen LogP contribution >= 0.6 is 22.7 Å². The van der Waals surface area contributed by atoms with E-state index in [9.17, 15) is 13.2 Å². The molecule has 0 bridgehead atoms. The van der Waals surface area contributed by atoms with Crippen molar-refractivity contribution in [2.45, 2.75) is 17.7 Å². The van der Waals surface area contributed by atoms with E-state index in [0.29, 0.717) is 0 Å². The summed E-state index contributed by atoms with van der Waals surface area (Å²) in [5.41, 5.74) is 0.746. The van der Waals surface area contributed by atoms with E-state index in [2.05, 4.69) is 4.40 Å². The number of rotatable bonds is 5. The molecule has 3 aromatic rings. The van der Waals surface area contributed by atoms with Gasteiger partial charge in [0, 0.05) is 0 Å². The number of para-hydroxylation sites is 1. The van der Waals surface area contributed by atoms with Crippen LogP contribution in [0.25, 0.3) is 10.2 Å². The second-order valence-electron chi connectivity index (χ2n) is 4.74. The van der Waals surface area contributed by atoms with Gasteiger partial charge in [0.1, 0.15) is 10.8 Å². The van der Waals surface area contributed by atoms with Crippen LogP contribution in [0.15, 0.2) is 50.4 Å². The molecule has 0 aliphatic rings. The minimum atomic E-state index is -3.81. The number of sulfonamides is 1. The molecule has 0 atom stereocenters. The van der Waals surface area contributed by atoms with Gasteiger partial charge >= 0.3 is 5.97 Å². The number of ether oxygens (including phenoxy) is 1. The molecule has 126 valence electrons. The van der Waals surface area contributed by atoms with Crippen LogP contribution in [-0.2, 0) is 26.1 Å². The predicted octanol–water partition coefficient (Wildman–Crippen LogP) is 2.62. The van der Waals surface area contributed by atoms with Gasteiger partial charge in [-0.3, -0.25) is 4.79 Å². The Balaban J connectivity index is 2.17. The second kappa shape index (κ2) is 6.88. The van der Waals surface area contributed by atoms with Crippen molar-refractivity contribution in [2.24, 2.45) is 4.40 Å². The van der Waals surface area contributed by atoms with Gasteiger partial charge in [0.25, 0.3) is 10.0 Å². The fraction of sp³-hybridized carbons (Fsp3) is 0.200. The van der Waals surface area contributed by atoms with Gasteiger partial charge in [0.15, 0.2) is 0 Å². The van der Waals surface area contributed by atoms with Crippen LogP contribution < -0.4 is 4.80 Å². The first-order chi connectivity index (χ1) is 11.5. The molecule has 0 fully saturated rings. The lowest BCUT2D eigenvalue weighted by atomic mass is 10.3. The third-order valence-corrected chi connectivity index (χ3v) is 6.94. The van der Waals surface area contributed by atoms with Crippen LogP contribution in [-0.4, -0.2) is 25.6 Å². The van der Waals surface area contributed by atoms with E-state index >= 15 is 0 Å². The van der Waals surface area contributed by atoms with Crippen molar-refractivity contribution in [2.75, 3.05) is 6.61 Å². The molecule has 0 amide bonds. The van der Waals surface area contributed by atoms with Crippen molar-refractivity contribution < 1.29 is 17.9 Å². The summed E-state index contributed by atoms with van der Waals surface area (Å²) in [6.07, 6.45) is 0. The quantitative estimate of drug-likeness (QED) is 0.636. The highest BCUT2D eigenvalue weighted by Gasteiger charge is 2.17. The molecule has 2 heterocycles.